The van der Waals surface area contributed by atoms with Crippen LogP contribution in [0.5, 0.6) is 0 Å². The molecule has 0 amide bonds. The molecule has 2 aromatic rings. The highest BCUT2D eigenvalue weighted by Crippen LogP contribution is 2.25. The van der Waals surface area contributed by atoms with Gasteiger partial charge in [-0.2, -0.15) is 0 Å². The van der Waals surface area contributed by atoms with Crippen molar-refractivity contribution in [1.29, 1.82) is 0 Å². The van der Waals surface area contributed by atoms with Gasteiger partial charge in [-0.1, -0.05) is 54.6 Å². The van der Waals surface area contributed by atoms with E-state index in [1.165, 1.54) is 6.92 Å². The number of carbonyl (C=O) groups excluding carboxylic acids is 2. The zero-order chi connectivity index (χ0) is 17.0. The van der Waals surface area contributed by atoms with E-state index in [1.807, 2.05) is 54.6 Å². The monoisotopic (exact) mass is 310 g/mol. The average Bonchev–Trinajstić information content (AvgIpc) is 2.47. The van der Waals surface area contributed by atoms with Crippen molar-refractivity contribution < 1.29 is 14.3 Å². The molecule has 3 heteroatoms. The zero-order valence-corrected chi connectivity index (χ0v) is 14.0. The fourth-order valence-electron chi connectivity index (χ4n) is 2.40. The summed E-state index contributed by atoms with van der Waals surface area (Å²) >= 11 is 0. The fourth-order valence-corrected chi connectivity index (χ4v) is 2.40. The summed E-state index contributed by atoms with van der Waals surface area (Å²) in [6, 6.07) is 17.4. The predicted octanol–water partition coefficient (Wildman–Crippen LogP) is 4.37. The lowest BCUT2D eigenvalue weighted by Gasteiger charge is -2.23. The highest BCUT2D eigenvalue weighted by atomic mass is 16.6. The Morgan fingerprint density at radius 3 is 1.87 bits per heavy atom. The second-order valence-electron chi connectivity index (χ2n) is 6.57. The molecule has 0 bridgehead atoms. The number of hydrogen-bond acceptors (Lipinski definition) is 3. The maximum Gasteiger partial charge on any atom is 0.321 e. The van der Waals surface area contributed by atoms with Crippen LogP contribution in [-0.4, -0.2) is 17.4 Å². The molecule has 3 nitrogen and oxygen atoms in total. The molecule has 0 fully saturated rings. The van der Waals surface area contributed by atoms with Gasteiger partial charge in [0.1, 0.15) is 17.3 Å². The normalized spacial score (nSPS) is 12.5. The average molecular weight is 310 g/mol. The number of hydrogen-bond donors (Lipinski definition) is 0. The van der Waals surface area contributed by atoms with Crippen molar-refractivity contribution >= 4 is 11.8 Å². The van der Waals surface area contributed by atoms with Crippen LogP contribution in [0.15, 0.2) is 54.6 Å². The minimum absolute atomic E-state index is 0.216. The van der Waals surface area contributed by atoms with Gasteiger partial charge in [0.25, 0.3) is 0 Å². The number of rotatable bonds is 4. The van der Waals surface area contributed by atoms with Gasteiger partial charge in [0, 0.05) is 0 Å². The van der Waals surface area contributed by atoms with Crippen molar-refractivity contribution in [3.63, 3.8) is 0 Å². The molecular formula is C20H22O3. The summed E-state index contributed by atoms with van der Waals surface area (Å²) in [5.41, 5.74) is 2.18. The SMILES string of the molecule is CC(=O)C(C(=O)OC(C)(C)C)c1ccc(-c2ccccc2)cc1. The smallest absolute Gasteiger partial charge is 0.321 e. The van der Waals surface area contributed by atoms with E-state index in [0.717, 1.165) is 11.1 Å². The standard InChI is InChI=1S/C20H22O3/c1-14(21)18(19(22)23-20(2,3)4)17-12-10-16(11-13-17)15-8-6-5-7-9-15/h5-13,18H,1-4H3. The summed E-state index contributed by atoms with van der Waals surface area (Å²) in [5.74, 6) is -1.59. The van der Waals surface area contributed by atoms with Crippen LogP contribution >= 0.6 is 0 Å². The van der Waals surface area contributed by atoms with Gasteiger partial charge in [0.15, 0.2) is 0 Å². The molecule has 0 aliphatic rings. The van der Waals surface area contributed by atoms with Crippen LogP contribution in [0, 0.1) is 0 Å². The van der Waals surface area contributed by atoms with Crippen LogP contribution in [0.2, 0.25) is 0 Å². The van der Waals surface area contributed by atoms with E-state index in [-0.39, 0.29) is 5.78 Å². The summed E-state index contributed by atoms with van der Waals surface area (Å²) in [4.78, 5) is 24.2. The van der Waals surface area contributed by atoms with Crippen molar-refractivity contribution in [1.82, 2.24) is 0 Å². The van der Waals surface area contributed by atoms with E-state index >= 15 is 0 Å². The van der Waals surface area contributed by atoms with Crippen LogP contribution in [0.1, 0.15) is 39.2 Å². The van der Waals surface area contributed by atoms with Crippen LogP contribution < -0.4 is 0 Å². The number of esters is 1. The first kappa shape index (κ1) is 16.9. The van der Waals surface area contributed by atoms with Crippen LogP contribution in [0.4, 0.5) is 0 Å². The van der Waals surface area contributed by atoms with Crippen molar-refractivity contribution in [2.45, 2.75) is 39.2 Å². The Bertz CT molecular complexity index is 679. The third kappa shape index (κ3) is 4.52. The van der Waals surface area contributed by atoms with Gasteiger partial charge in [-0.3, -0.25) is 9.59 Å². The molecule has 1 unspecified atom stereocenters. The molecule has 0 spiro atoms. The molecule has 0 aliphatic heterocycles. The van der Waals surface area contributed by atoms with E-state index in [4.69, 9.17) is 4.74 Å². The molecule has 1 atom stereocenters. The largest absolute Gasteiger partial charge is 0.459 e. The van der Waals surface area contributed by atoms with Gasteiger partial charge in [0.05, 0.1) is 0 Å². The van der Waals surface area contributed by atoms with Gasteiger partial charge in [-0.15, -0.1) is 0 Å². The highest BCUT2D eigenvalue weighted by molar-refractivity contribution is 6.03. The number of carbonyl (C=O) groups is 2. The summed E-state index contributed by atoms with van der Waals surface area (Å²) in [6.45, 7) is 6.79. The number of ether oxygens (including phenoxy) is 1. The molecule has 0 aliphatic carbocycles. The minimum atomic E-state index is -0.876. The second kappa shape index (κ2) is 6.78. The molecule has 0 saturated carbocycles. The second-order valence-corrected chi connectivity index (χ2v) is 6.57. The quantitative estimate of drug-likeness (QED) is 0.622. The molecule has 23 heavy (non-hydrogen) atoms. The molecule has 2 aromatic carbocycles. The Morgan fingerprint density at radius 2 is 1.39 bits per heavy atom. The maximum absolute atomic E-state index is 12.3. The molecule has 0 heterocycles. The van der Waals surface area contributed by atoms with Gasteiger partial charge in [0.2, 0.25) is 0 Å². The van der Waals surface area contributed by atoms with Crippen molar-refractivity contribution in [2.75, 3.05) is 0 Å². The molecule has 0 aromatic heterocycles. The molecule has 0 radical (unpaired) electrons. The highest BCUT2D eigenvalue weighted by Gasteiger charge is 2.30. The molecule has 2 rings (SSSR count). The number of benzene rings is 2. The van der Waals surface area contributed by atoms with Gasteiger partial charge < -0.3 is 4.74 Å². The van der Waals surface area contributed by atoms with Crippen molar-refractivity contribution in [3.05, 3.63) is 60.2 Å². The van der Waals surface area contributed by atoms with E-state index in [0.29, 0.717) is 5.56 Å². The Hall–Kier alpha value is -2.42. The first-order valence-corrected chi connectivity index (χ1v) is 7.66. The summed E-state index contributed by atoms with van der Waals surface area (Å²) < 4.78 is 5.37. The van der Waals surface area contributed by atoms with E-state index in [1.54, 1.807) is 20.8 Å². The lowest BCUT2D eigenvalue weighted by atomic mass is 9.93. The number of Topliss-reactive ketones (excluding diaryl/α,β-unsaturated/α-hetero) is 1. The number of ketones is 1. The van der Waals surface area contributed by atoms with Crippen molar-refractivity contribution in [2.24, 2.45) is 0 Å². The van der Waals surface area contributed by atoms with Crippen molar-refractivity contribution in [3.8, 4) is 11.1 Å². The Labute approximate surface area is 137 Å². The molecule has 120 valence electrons. The van der Waals surface area contributed by atoms with Gasteiger partial charge >= 0.3 is 5.97 Å². The van der Waals surface area contributed by atoms with E-state index in [2.05, 4.69) is 0 Å². The van der Waals surface area contributed by atoms with E-state index < -0.39 is 17.5 Å². The molecular weight excluding hydrogens is 288 g/mol. The minimum Gasteiger partial charge on any atom is -0.459 e. The summed E-state index contributed by atoms with van der Waals surface area (Å²) in [7, 11) is 0. The van der Waals surface area contributed by atoms with Crippen LogP contribution in [-0.2, 0) is 14.3 Å². The zero-order valence-electron chi connectivity index (χ0n) is 14.0. The van der Waals surface area contributed by atoms with Gasteiger partial charge in [-0.05, 0) is 44.4 Å². The summed E-state index contributed by atoms with van der Waals surface area (Å²) in [6.07, 6.45) is 0. The molecule has 0 N–H and O–H groups in total. The lowest BCUT2D eigenvalue weighted by molar-refractivity contribution is -0.158. The predicted molar refractivity (Wildman–Crippen MR) is 91.1 cm³/mol. The Kier molecular flexibility index (Phi) is 4.99. The topological polar surface area (TPSA) is 43.4 Å². The molecule has 0 saturated heterocycles. The Balaban J connectivity index is 2.27. The summed E-state index contributed by atoms with van der Waals surface area (Å²) in [5, 5.41) is 0. The third-order valence-corrected chi connectivity index (χ3v) is 3.40. The van der Waals surface area contributed by atoms with Crippen LogP contribution in [0.25, 0.3) is 11.1 Å². The van der Waals surface area contributed by atoms with Crippen LogP contribution in [0.3, 0.4) is 0 Å². The Morgan fingerprint density at radius 1 is 0.870 bits per heavy atom. The third-order valence-electron chi connectivity index (χ3n) is 3.40. The first-order valence-electron chi connectivity index (χ1n) is 7.66. The lowest BCUT2D eigenvalue weighted by Crippen LogP contribution is -2.30. The van der Waals surface area contributed by atoms with E-state index in [9.17, 15) is 9.59 Å². The van der Waals surface area contributed by atoms with Gasteiger partial charge in [-0.25, -0.2) is 0 Å². The fraction of sp³-hybridized carbons (Fsp3) is 0.300. The maximum atomic E-state index is 12.3. The first-order chi connectivity index (χ1) is 10.8.